The van der Waals surface area contributed by atoms with E-state index in [1.165, 1.54) is 0 Å². The Labute approximate surface area is 103 Å². The molecule has 0 saturated heterocycles. The topological polar surface area (TPSA) is 58.2 Å². The number of benzene rings is 1. The minimum Gasteiger partial charge on any atom is -0.273 e. The van der Waals surface area contributed by atoms with Crippen LogP contribution >= 0.6 is 15.9 Å². The van der Waals surface area contributed by atoms with Gasteiger partial charge in [0.25, 0.3) is 5.91 Å². The first-order valence-corrected chi connectivity index (χ1v) is 5.77. The number of hydrogen-bond donors (Lipinski definition) is 2. The molecule has 1 aromatic carbocycles. The van der Waals surface area contributed by atoms with Crippen molar-refractivity contribution in [1.82, 2.24) is 10.9 Å². The highest BCUT2D eigenvalue weighted by atomic mass is 79.9. The van der Waals surface area contributed by atoms with E-state index in [2.05, 4.69) is 26.8 Å². The standard InChI is InChI=1S/C11H13BrN2O2/c1-2-4-10(15)13-14-11(16)8-5-3-6-9(12)7-8/h3,5-7H,2,4H2,1H3,(H,13,15)(H,14,16). The van der Waals surface area contributed by atoms with Crippen molar-refractivity contribution in [3.05, 3.63) is 34.3 Å². The molecular weight excluding hydrogens is 272 g/mol. The van der Waals surface area contributed by atoms with Crippen molar-refractivity contribution in [2.75, 3.05) is 0 Å². The molecule has 16 heavy (non-hydrogen) atoms. The summed E-state index contributed by atoms with van der Waals surface area (Å²) in [5.74, 6) is -0.517. The van der Waals surface area contributed by atoms with Crippen molar-refractivity contribution in [3.63, 3.8) is 0 Å². The molecule has 2 amide bonds. The third-order valence-electron chi connectivity index (χ3n) is 1.88. The molecule has 0 fully saturated rings. The van der Waals surface area contributed by atoms with Crippen molar-refractivity contribution in [2.45, 2.75) is 19.8 Å². The van der Waals surface area contributed by atoms with Crippen LogP contribution in [0, 0.1) is 0 Å². The number of rotatable bonds is 3. The zero-order chi connectivity index (χ0) is 12.0. The molecule has 0 aliphatic rings. The molecule has 0 heterocycles. The summed E-state index contributed by atoms with van der Waals surface area (Å²) in [6.07, 6.45) is 1.15. The Hall–Kier alpha value is -1.36. The fourth-order valence-electron chi connectivity index (χ4n) is 1.12. The summed E-state index contributed by atoms with van der Waals surface area (Å²) in [7, 11) is 0. The van der Waals surface area contributed by atoms with Gasteiger partial charge >= 0.3 is 0 Å². The van der Waals surface area contributed by atoms with Gasteiger partial charge in [0.1, 0.15) is 0 Å². The van der Waals surface area contributed by atoms with Gasteiger partial charge in [-0.1, -0.05) is 28.9 Å². The maximum atomic E-state index is 11.6. The minimum atomic E-state index is -0.328. The average molecular weight is 285 g/mol. The largest absolute Gasteiger partial charge is 0.273 e. The summed E-state index contributed by atoms with van der Waals surface area (Å²) in [5.41, 5.74) is 5.19. The number of nitrogens with one attached hydrogen (secondary N) is 2. The van der Waals surface area contributed by atoms with Crippen LogP contribution in [0.5, 0.6) is 0 Å². The van der Waals surface area contributed by atoms with Crippen molar-refractivity contribution in [1.29, 1.82) is 0 Å². The average Bonchev–Trinajstić information content (AvgIpc) is 2.26. The molecule has 0 saturated carbocycles. The first-order chi connectivity index (χ1) is 7.63. The van der Waals surface area contributed by atoms with Crippen molar-refractivity contribution < 1.29 is 9.59 Å². The fraction of sp³-hybridized carbons (Fsp3) is 0.273. The van der Waals surface area contributed by atoms with E-state index < -0.39 is 0 Å². The van der Waals surface area contributed by atoms with E-state index in [4.69, 9.17) is 0 Å². The molecule has 0 aliphatic carbocycles. The number of carbonyl (C=O) groups is 2. The van der Waals surface area contributed by atoms with Gasteiger partial charge in [0.05, 0.1) is 0 Å². The highest BCUT2D eigenvalue weighted by Gasteiger charge is 2.06. The molecule has 4 nitrogen and oxygen atoms in total. The zero-order valence-electron chi connectivity index (χ0n) is 8.92. The lowest BCUT2D eigenvalue weighted by Crippen LogP contribution is -2.41. The van der Waals surface area contributed by atoms with Crippen molar-refractivity contribution in [2.24, 2.45) is 0 Å². The third-order valence-corrected chi connectivity index (χ3v) is 2.37. The molecule has 86 valence electrons. The Balaban J connectivity index is 2.50. The summed E-state index contributed by atoms with van der Waals surface area (Å²) in [4.78, 5) is 22.7. The number of hydrogen-bond acceptors (Lipinski definition) is 2. The summed E-state index contributed by atoms with van der Waals surface area (Å²) in [5, 5.41) is 0. The van der Waals surface area contributed by atoms with Gasteiger partial charge in [0.2, 0.25) is 5.91 Å². The van der Waals surface area contributed by atoms with Crippen LogP contribution in [0.25, 0.3) is 0 Å². The molecule has 0 atom stereocenters. The second-order valence-electron chi connectivity index (χ2n) is 3.26. The Bertz CT molecular complexity index is 393. The molecule has 1 rings (SSSR count). The zero-order valence-corrected chi connectivity index (χ0v) is 10.5. The van der Waals surface area contributed by atoms with E-state index in [1.807, 2.05) is 13.0 Å². The summed E-state index contributed by atoms with van der Waals surface area (Å²) < 4.78 is 0.819. The van der Waals surface area contributed by atoms with E-state index in [0.717, 1.165) is 10.9 Å². The van der Waals surface area contributed by atoms with Gasteiger partial charge in [0, 0.05) is 16.5 Å². The SMILES string of the molecule is CCCC(=O)NNC(=O)c1cccc(Br)c1. The molecule has 2 N–H and O–H groups in total. The predicted molar refractivity (Wildman–Crippen MR) is 64.7 cm³/mol. The first kappa shape index (κ1) is 12.7. The van der Waals surface area contributed by atoms with Crippen LogP contribution in [0.4, 0.5) is 0 Å². The van der Waals surface area contributed by atoms with Crippen LogP contribution in [0.2, 0.25) is 0 Å². The molecule has 5 heteroatoms. The molecule has 0 aromatic heterocycles. The summed E-state index contributed by atoms with van der Waals surface area (Å²) >= 11 is 3.27. The van der Waals surface area contributed by atoms with Crippen LogP contribution in [0.1, 0.15) is 30.1 Å². The second kappa shape index (κ2) is 6.27. The Morgan fingerprint density at radius 2 is 2.06 bits per heavy atom. The van der Waals surface area contributed by atoms with Gasteiger partial charge in [-0.3, -0.25) is 20.4 Å². The highest BCUT2D eigenvalue weighted by molar-refractivity contribution is 9.10. The number of halogens is 1. The van der Waals surface area contributed by atoms with Crippen LogP contribution in [0.3, 0.4) is 0 Å². The van der Waals surface area contributed by atoms with Crippen LogP contribution in [-0.2, 0) is 4.79 Å². The van der Waals surface area contributed by atoms with Gasteiger partial charge in [-0.2, -0.15) is 0 Å². The Morgan fingerprint density at radius 1 is 1.31 bits per heavy atom. The van der Waals surface area contributed by atoms with Gasteiger partial charge < -0.3 is 0 Å². The van der Waals surface area contributed by atoms with Gasteiger partial charge in [-0.25, -0.2) is 0 Å². The molecular formula is C11H13BrN2O2. The van der Waals surface area contributed by atoms with Crippen molar-refractivity contribution >= 4 is 27.7 Å². The molecule has 0 spiro atoms. The minimum absolute atomic E-state index is 0.189. The van der Waals surface area contributed by atoms with Gasteiger partial charge in [-0.15, -0.1) is 0 Å². The van der Waals surface area contributed by atoms with E-state index in [9.17, 15) is 9.59 Å². The molecule has 1 aromatic rings. The monoisotopic (exact) mass is 284 g/mol. The number of hydrazine groups is 1. The molecule has 0 aliphatic heterocycles. The predicted octanol–water partition coefficient (Wildman–Crippen LogP) is 2.01. The second-order valence-corrected chi connectivity index (χ2v) is 4.18. The van der Waals surface area contributed by atoms with E-state index in [0.29, 0.717) is 12.0 Å². The van der Waals surface area contributed by atoms with Crippen LogP contribution in [-0.4, -0.2) is 11.8 Å². The molecule has 0 radical (unpaired) electrons. The maximum Gasteiger partial charge on any atom is 0.269 e. The lowest BCUT2D eigenvalue weighted by molar-refractivity contribution is -0.121. The first-order valence-electron chi connectivity index (χ1n) is 4.98. The quantitative estimate of drug-likeness (QED) is 0.835. The maximum absolute atomic E-state index is 11.6. The van der Waals surface area contributed by atoms with E-state index in [1.54, 1.807) is 18.2 Å². The third kappa shape index (κ3) is 4.02. The Morgan fingerprint density at radius 3 is 2.69 bits per heavy atom. The van der Waals surface area contributed by atoms with E-state index >= 15 is 0 Å². The Kier molecular flexibility index (Phi) is 4.98. The highest BCUT2D eigenvalue weighted by Crippen LogP contribution is 2.11. The lowest BCUT2D eigenvalue weighted by atomic mass is 10.2. The summed E-state index contributed by atoms with van der Waals surface area (Å²) in [6.45, 7) is 1.90. The molecule has 0 unspecified atom stereocenters. The lowest BCUT2D eigenvalue weighted by Gasteiger charge is -2.06. The van der Waals surface area contributed by atoms with Gasteiger partial charge in [-0.05, 0) is 24.6 Å². The fourth-order valence-corrected chi connectivity index (χ4v) is 1.52. The normalized spacial score (nSPS) is 9.62. The van der Waals surface area contributed by atoms with Crippen LogP contribution in [0.15, 0.2) is 28.7 Å². The van der Waals surface area contributed by atoms with E-state index in [-0.39, 0.29) is 11.8 Å². The number of amides is 2. The smallest absolute Gasteiger partial charge is 0.269 e. The molecule has 0 bridgehead atoms. The summed E-state index contributed by atoms with van der Waals surface area (Å²) in [6, 6.07) is 6.94. The van der Waals surface area contributed by atoms with Crippen molar-refractivity contribution in [3.8, 4) is 0 Å². The van der Waals surface area contributed by atoms with Gasteiger partial charge in [0.15, 0.2) is 0 Å². The van der Waals surface area contributed by atoms with Crippen LogP contribution < -0.4 is 10.9 Å². The number of carbonyl (C=O) groups excluding carboxylic acids is 2.